The molecule has 29 heavy (non-hydrogen) atoms. The van der Waals surface area contributed by atoms with Crippen molar-refractivity contribution in [2.24, 2.45) is 0 Å². The van der Waals surface area contributed by atoms with E-state index in [1.54, 1.807) is 25.3 Å². The standard InChI is InChI=1S/C24H23NO3S/c1-28-20-12-10-19(11-13-20)22-15-14-21(18-7-3-2-4-8-18)23(22)17-29(26,27)24-9-5-6-16-25-24/h2-13,16,22H,14-15,17H2,1H3. The van der Waals surface area contributed by atoms with Crippen LogP contribution in [0.4, 0.5) is 0 Å². The number of allylic oxidation sites excluding steroid dienone is 1. The fraction of sp³-hybridized carbons (Fsp3) is 0.208. The van der Waals surface area contributed by atoms with Crippen molar-refractivity contribution in [3.05, 3.63) is 95.7 Å². The van der Waals surface area contributed by atoms with Crippen LogP contribution in [0.1, 0.15) is 29.9 Å². The van der Waals surface area contributed by atoms with Gasteiger partial charge >= 0.3 is 0 Å². The van der Waals surface area contributed by atoms with E-state index in [0.29, 0.717) is 0 Å². The van der Waals surface area contributed by atoms with Crippen LogP contribution in [-0.4, -0.2) is 26.3 Å². The number of aromatic nitrogens is 1. The first kappa shape index (κ1) is 19.4. The van der Waals surface area contributed by atoms with Gasteiger partial charge in [-0.05, 0) is 59.4 Å². The SMILES string of the molecule is COc1ccc(C2CCC(c3ccccc3)=C2CS(=O)(=O)c2ccccn2)cc1. The Labute approximate surface area is 171 Å². The van der Waals surface area contributed by atoms with Gasteiger partial charge in [0.2, 0.25) is 0 Å². The Balaban J connectivity index is 1.77. The van der Waals surface area contributed by atoms with Gasteiger partial charge in [0.15, 0.2) is 14.9 Å². The number of hydrogen-bond acceptors (Lipinski definition) is 4. The highest BCUT2D eigenvalue weighted by atomic mass is 32.2. The van der Waals surface area contributed by atoms with Gasteiger partial charge in [-0.25, -0.2) is 13.4 Å². The van der Waals surface area contributed by atoms with Crippen molar-refractivity contribution in [1.82, 2.24) is 4.98 Å². The summed E-state index contributed by atoms with van der Waals surface area (Å²) in [5.41, 5.74) is 4.30. The summed E-state index contributed by atoms with van der Waals surface area (Å²) >= 11 is 0. The summed E-state index contributed by atoms with van der Waals surface area (Å²) in [4.78, 5) is 4.08. The van der Waals surface area contributed by atoms with Crippen molar-refractivity contribution in [2.45, 2.75) is 23.8 Å². The molecule has 4 nitrogen and oxygen atoms in total. The van der Waals surface area contributed by atoms with E-state index in [9.17, 15) is 8.42 Å². The molecule has 5 heteroatoms. The molecule has 0 fully saturated rings. The van der Waals surface area contributed by atoms with Gasteiger partial charge in [0, 0.05) is 12.1 Å². The van der Waals surface area contributed by atoms with Crippen LogP contribution >= 0.6 is 0 Å². The first-order valence-electron chi connectivity index (χ1n) is 9.63. The maximum Gasteiger partial charge on any atom is 0.199 e. The fourth-order valence-corrected chi connectivity index (χ4v) is 5.44. The van der Waals surface area contributed by atoms with Gasteiger partial charge in [-0.2, -0.15) is 0 Å². The number of sulfone groups is 1. The molecule has 148 valence electrons. The molecule has 4 rings (SSSR count). The summed E-state index contributed by atoms with van der Waals surface area (Å²) in [6.07, 6.45) is 3.27. The minimum Gasteiger partial charge on any atom is -0.497 e. The van der Waals surface area contributed by atoms with Crippen LogP contribution in [0.5, 0.6) is 5.75 Å². The van der Waals surface area contributed by atoms with E-state index in [0.717, 1.165) is 40.9 Å². The molecule has 1 unspecified atom stereocenters. The second-order valence-electron chi connectivity index (χ2n) is 7.16. The Morgan fingerprint density at radius 3 is 2.34 bits per heavy atom. The largest absolute Gasteiger partial charge is 0.497 e. The summed E-state index contributed by atoms with van der Waals surface area (Å²) in [6, 6.07) is 23.0. The zero-order chi connectivity index (χ0) is 20.3. The van der Waals surface area contributed by atoms with E-state index < -0.39 is 9.84 Å². The van der Waals surface area contributed by atoms with Crippen LogP contribution in [-0.2, 0) is 9.84 Å². The van der Waals surface area contributed by atoms with Crippen LogP contribution in [0.2, 0.25) is 0 Å². The van der Waals surface area contributed by atoms with E-state index in [2.05, 4.69) is 17.1 Å². The highest BCUT2D eigenvalue weighted by molar-refractivity contribution is 7.91. The molecule has 0 aliphatic heterocycles. The minimum atomic E-state index is -3.53. The third-order valence-corrected chi connectivity index (χ3v) is 7.00. The van der Waals surface area contributed by atoms with Crippen molar-refractivity contribution < 1.29 is 13.2 Å². The molecule has 0 amide bonds. The van der Waals surface area contributed by atoms with Gasteiger partial charge in [-0.1, -0.05) is 48.5 Å². The average Bonchev–Trinajstić information content (AvgIpc) is 3.18. The van der Waals surface area contributed by atoms with E-state index in [1.807, 2.05) is 42.5 Å². The molecule has 0 spiro atoms. The molecule has 3 aromatic rings. The molecular weight excluding hydrogens is 382 g/mol. The Morgan fingerprint density at radius 2 is 1.69 bits per heavy atom. The van der Waals surface area contributed by atoms with Crippen molar-refractivity contribution >= 4 is 15.4 Å². The maximum absolute atomic E-state index is 13.1. The quantitative estimate of drug-likeness (QED) is 0.586. The number of ether oxygens (including phenoxy) is 1. The molecule has 0 bridgehead atoms. The molecule has 0 N–H and O–H groups in total. The normalized spacial score (nSPS) is 16.8. The molecule has 0 saturated carbocycles. The third-order valence-electron chi connectivity index (χ3n) is 5.43. The first-order valence-corrected chi connectivity index (χ1v) is 11.3. The van der Waals surface area contributed by atoms with Gasteiger partial charge in [0.1, 0.15) is 5.75 Å². The van der Waals surface area contributed by atoms with E-state index in [4.69, 9.17) is 4.74 Å². The van der Waals surface area contributed by atoms with Gasteiger partial charge in [-0.15, -0.1) is 0 Å². The number of methoxy groups -OCH3 is 1. The van der Waals surface area contributed by atoms with Crippen LogP contribution in [0.15, 0.2) is 89.6 Å². The number of pyridine rings is 1. The summed E-state index contributed by atoms with van der Waals surface area (Å²) in [5, 5.41) is 0.125. The predicted octanol–water partition coefficient (Wildman–Crippen LogP) is 4.90. The maximum atomic E-state index is 13.1. The summed E-state index contributed by atoms with van der Waals surface area (Å²) < 4.78 is 31.5. The smallest absolute Gasteiger partial charge is 0.199 e. The van der Waals surface area contributed by atoms with Gasteiger partial charge in [-0.3, -0.25) is 0 Å². The Bertz CT molecular complexity index is 1110. The topological polar surface area (TPSA) is 56.3 Å². The van der Waals surface area contributed by atoms with Crippen molar-refractivity contribution in [3.8, 4) is 5.75 Å². The molecule has 1 aliphatic rings. The Hall–Kier alpha value is -2.92. The average molecular weight is 406 g/mol. The molecule has 1 aromatic heterocycles. The number of benzene rings is 2. The lowest BCUT2D eigenvalue weighted by Crippen LogP contribution is -2.14. The summed E-state index contributed by atoms with van der Waals surface area (Å²) in [6.45, 7) is 0. The van der Waals surface area contributed by atoms with E-state index in [1.165, 1.54) is 6.20 Å². The molecule has 1 aliphatic carbocycles. The summed E-state index contributed by atoms with van der Waals surface area (Å²) in [5.74, 6) is 0.835. The van der Waals surface area contributed by atoms with Crippen LogP contribution in [0, 0.1) is 0 Å². The predicted molar refractivity (Wildman–Crippen MR) is 115 cm³/mol. The molecule has 2 aromatic carbocycles. The second kappa shape index (κ2) is 8.21. The molecule has 1 atom stereocenters. The fourth-order valence-electron chi connectivity index (χ4n) is 4.00. The van der Waals surface area contributed by atoms with Gasteiger partial charge in [0.05, 0.1) is 12.9 Å². The van der Waals surface area contributed by atoms with Crippen LogP contribution in [0.3, 0.4) is 0 Å². The van der Waals surface area contributed by atoms with E-state index >= 15 is 0 Å². The monoisotopic (exact) mass is 405 g/mol. The van der Waals surface area contributed by atoms with E-state index in [-0.39, 0.29) is 16.7 Å². The lowest BCUT2D eigenvalue weighted by molar-refractivity contribution is 0.414. The molecule has 1 heterocycles. The Kier molecular flexibility index (Phi) is 5.49. The zero-order valence-corrected chi connectivity index (χ0v) is 17.1. The number of nitrogens with zero attached hydrogens (tertiary/aromatic N) is 1. The lowest BCUT2D eigenvalue weighted by Gasteiger charge is -2.17. The zero-order valence-electron chi connectivity index (χ0n) is 16.3. The lowest BCUT2D eigenvalue weighted by atomic mass is 9.92. The second-order valence-corrected chi connectivity index (χ2v) is 9.10. The van der Waals surface area contributed by atoms with Gasteiger partial charge < -0.3 is 4.74 Å². The van der Waals surface area contributed by atoms with Crippen molar-refractivity contribution in [3.63, 3.8) is 0 Å². The van der Waals surface area contributed by atoms with Crippen molar-refractivity contribution in [2.75, 3.05) is 12.9 Å². The third kappa shape index (κ3) is 4.10. The molecule has 0 saturated heterocycles. The van der Waals surface area contributed by atoms with Crippen molar-refractivity contribution in [1.29, 1.82) is 0 Å². The Morgan fingerprint density at radius 1 is 0.966 bits per heavy atom. The number of rotatable bonds is 6. The highest BCUT2D eigenvalue weighted by Crippen LogP contribution is 2.45. The van der Waals surface area contributed by atoms with Gasteiger partial charge in [0.25, 0.3) is 0 Å². The first-order chi connectivity index (χ1) is 14.1. The molecular formula is C24H23NO3S. The molecule has 0 radical (unpaired) electrons. The highest BCUT2D eigenvalue weighted by Gasteiger charge is 2.31. The summed E-state index contributed by atoms with van der Waals surface area (Å²) in [7, 11) is -1.89. The van der Waals surface area contributed by atoms with Crippen LogP contribution < -0.4 is 4.74 Å². The van der Waals surface area contributed by atoms with Crippen LogP contribution in [0.25, 0.3) is 5.57 Å². The number of hydrogen-bond donors (Lipinski definition) is 0. The minimum absolute atomic E-state index is 0.0229.